The lowest BCUT2D eigenvalue weighted by atomic mass is 9.98. The summed E-state index contributed by atoms with van der Waals surface area (Å²) in [6.07, 6.45) is 1.93. The van der Waals surface area contributed by atoms with Gasteiger partial charge in [-0.3, -0.25) is 0 Å². The predicted molar refractivity (Wildman–Crippen MR) is 127 cm³/mol. The summed E-state index contributed by atoms with van der Waals surface area (Å²) in [7, 11) is 0. The van der Waals surface area contributed by atoms with Gasteiger partial charge in [0.1, 0.15) is 12.4 Å². The minimum absolute atomic E-state index is 0.457. The summed E-state index contributed by atoms with van der Waals surface area (Å²) in [6, 6.07) is 30.7. The van der Waals surface area contributed by atoms with Crippen LogP contribution in [0.3, 0.4) is 0 Å². The molecule has 0 aromatic heterocycles. The number of fused-ring (bicyclic) bond motifs is 1. The summed E-state index contributed by atoms with van der Waals surface area (Å²) in [6.45, 7) is 2.50. The molecule has 0 aliphatic rings. The Balaban J connectivity index is 1.77. The lowest BCUT2D eigenvalue weighted by molar-refractivity contribution is 0.306. The van der Waals surface area contributed by atoms with E-state index in [2.05, 4.69) is 40.2 Å². The lowest BCUT2D eigenvalue weighted by Crippen LogP contribution is -1.98. The number of benzene rings is 4. The van der Waals surface area contributed by atoms with Gasteiger partial charge in [-0.2, -0.15) is 5.26 Å². The van der Waals surface area contributed by atoms with Crippen molar-refractivity contribution in [2.75, 3.05) is 0 Å². The highest BCUT2D eigenvalue weighted by Crippen LogP contribution is 2.32. The van der Waals surface area contributed by atoms with E-state index in [0.717, 1.165) is 37.7 Å². The topological polar surface area (TPSA) is 33.0 Å². The highest BCUT2D eigenvalue weighted by atomic mass is 79.9. The van der Waals surface area contributed by atoms with E-state index in [1.54, 1.807) is 0 Å². The highest BCUT2D eigenvalue weighted by Gasteiger charge is 2.10. The molecule has 4 aromatic rings. The maximum Gasteiger partial charge on any atom is 0.127 e. The highest BCUT2D eigenvalue weighted by molar-refractivity contribution is 9.10. The first-order chi connectivity index (χ1) is 14.6. The normalized spacial score (nSPS) is 11.3. The average Bonchev–Trinajstić information content (AvgIpc) is 2.78. The van der Waals surface area contributed by atoms with Crippen molar-refractivity contribution in [1.29, 1.82) is 5.26 Å². The molecule has 0 N–H and O–H groups in total. The number of aryl methyl sites for hydroxylation is 1. The number of allylic oxidation sites excluding steroid dienone is 1. The molecule has 146 valence electrons. The first kappa shape index (κ1) is 19.9. The average molecular weight is 454 g/mol. The van der Waals surface area contributed by atoms with Crippen LogP contribution < -0.4 is 4.74 Å². The van der Waals surface area contributed by atoms with E-state index in [0.29, 0.717) is 12.2 Å². The van der Waals surface area contributed by atoms with Crippen molar-refractivity contribution in [1.82, 2.24) is 0 Å². The molecule has 0 spiro atoms. The SMILES string of the molecule is Cc1ccc(/C(C#N)=C\c2c(OCc3ccc(Br)cc3)ccc3ccccc23)cc1. The van der Waals surface area contributed by atoms with Crippen molar-refractivity contribution < 1.29 is 4.74 Å². The van der Waals surface area contributed by atoms with Crippen molar-refractivity contribution >= 4 is 38.4 Å². The summed E-state index contributed by atoms with van der Waals surface area (Å²) in [5.74, 6) is 0.761. The predicted octanol–water partition coefficient (Wildman–Crippen LogP) is 7.55. The standard InChI is InChI=1S/C27H20BrNO/c1-19-6-10-21(11-7-19)23(17-29)16-26-25-5-3-2-4-22(25)12-15-27(26)30-18-20-8-13-24(28)14-9-20/h2-16H,18H2,1H3/b23-16-. The second-order valence-electron chi connectivity index (χ2n) is 7.15. The molecule has 4 aromatic carbocycles. The fourth-order valence-corrected chi connectivity index (χ4v) is 3.61. The van der Waals surface area contributed by atoms with Crippen LogP contribution in [0.25, 0.3) is 22.4 Å². The second kappa shape index (κ2) is 8.98. The van der Waals surface area contributed by atoms with Crippen LogP contribution in [0.4, 0.5) is 0 Å². The second-order valence-corrected chi connectivity index (χ2v) is 8.07. The van der Waals surface area contributed by atoms with Crippen molar-refractivity contribution in [2.24, 2.45) is 0 Å². The Kier molecular flexibility index (Phi) is 5.97. The first-order valence-corrected chi connectivity index (χ1v) is 10.5. The zero-order valence-electron chi connectivity index (χ0n) is 16.6. The molecule has 0 aliphatic carbocycles. The molecule has 0 fully saturated rings. The molecule has 0 heterocycles. The number of hydrogen-bond acceptors (Lipinski definition) is 2. The Morgan fingerprint density at radius 2 is 1.67 bits per heavy atom. The van der Waals surface area contributed by atoms with Crippen molar-refractivity contribution in [3.8, 4) is 11.8 Å². The van der Waals surface area contributed by atoms with Gasteiger partial charge in [-0.15, -0.1) is 0 Å². The number of nitrogens with zero attached hydrogens (tertiary/aromatic N) is 1. The summed E-state index contributed by atoms with van der Waals surface area (Å²) in [5.41, 5.74) is 4.68. The molecule has 0 amide bonds. The lowest BCUT2D eigenvalue weighted by Gasteiger charge is -2.13. The molecule has 2 nitrogen and oxygen atoms in total. The Hall–Kier alpha value is -3.35. The molecule has 0 saturated carbocycles. The molecule has 0 radical (unpaired) electrons. The van der Waals surface area contributed by atoms with Gasteiger partial charge in [0.2, 0.25) is 0 Å². The summed E-state index contributed by atoms with van der Waals surface area (Å²) < 4.78 is 7.24. The van der Waals surface area contributed by atoms with E-state index in [9.17, 15) is 5.26 Å². The van der Waals surface area contributed by atoms with E-state index in [4.69, 9.17) is 4.74 Å². The molecule has 0 atom stereocenters. The molecule has 0 saturated heterocycles. The van der Waals surface area contributed by atoms with Crippen LogP contribution in [0, 0.1) is 18.3 Å². The minimum Gasteiger partial charge on any atom is -0.488 e. The van der Waals surface area contributed by atoms with Gasteiger partial charge in [0.15, 0.2) is 0 Å². The quantitative estimate of drug-likeness (QED) is 0.230. The van der Waals surface area contributed by atoms with Gasteiger partial charge in [-0.1, -0.05) is 88.2 Å². The van der Waals surface area contributed by atoms with Crippen LogP contribution >= 0.6 is 15.9 Å². The zero-order valence-corrected chi connectivity index (χ0v) is 18.2. The Labute approximate surface area is 185 Å². The summed E-state index contributed by atoms with van der Waals surface area (Å²) >= 11 is 3.46. The smallest absolute Gasteiger partial charge is 0.127 e. The number of ether oxygens (including phenoxy) is 1. The van der Waals surface area contributed by atoms with E-state index < -0.39 is 0 Å². The number of halogens is 1. The third-order valence-electron chi connectivity index (χ3n) is 5.01. The molecule has 4 rings (SSSR count). The van der Waals surface area contributed by atoms with Gasteiger partial charge >= 0.3 is 0 Å². The molecule has 0 bridgehead atoms. The van der Waals surface area contributed by atoms with Gasteiger partial charge < -0.3 is 4.74 Å². The molecule has 30 heavy (non-hydrogen) atoms. The Bertz CT molecular complexity index is 1250. The molecular weight excluding hydrogens is 434 g/mol. The Morgan fingerprint density at radius 1 is 0.933 bits per heavy atom. The fraction of sp³-hybridized carbons (Fsp3) is 0.0741. The van der Waals surface area contributed by atoms with Crippen LogP contribution in [-0.2, 0) is 6.61 Å². The van der Waals surface area contributed by atoms with Crippen LogP contribution in [0.1, 0.15) is 22.3 Å². The number of hydrogen-bond donors (Lipinski definition) is 0. The van der Waals surface area contributed by atoms with Gasteiger partial charge in [-0.25, -0.2) is 0 Å². The van der Waals surface area contributed by atoms with Crippen LogP contribution in [-0.4, -0.2) is 0 Å². The summed E-state index contributed by atoms with van der Waals surface area (Å²) in [5, 5.41) is 12.0. The van der Waals surface area contributed by atoms with Crippen LogP contribution in [0.15, 0.2) is 89.4 Å². The first-order valence-electron chi connectivity index (χ1n) is 9.72. The monoisotopic (exact) mass is 453 g/mol. The number of rotatable bonds is 5. The van der Waals surface area contributed by atoms with E-state index >= 15 is 0 Å². The zero-order chi connectivity index (χ0) is 20.9. The number of nitriles is 1. The van der Waals surface area contributed by atoms with E-state index in [1.807, 2.05) is 79.7 Å². The van der Waals surface area contributed by atoms with Gasteiger partial charge in [0.25, 0.3) is 0 Å². The molecular formula is C27H20BrNO. The third kappa shape index (κ3) is 4.45. The molecule has 3 heteroatoms. The van der Waals surface area contributed by atoms with Crippen LogP contribution in [0.5, 0.6) is 5.75 Å². The van der Waals surface area contributed by atoms with Crippen molar-refractivity contribution in [3.63, 3.8) is 0 Å². The minimum atomic E-state index is 0.457. The van der Waals surface area contributed by atoms with Gasteiger partial charge in [-0.05, 0) is 53.1 Å². The maximum absolute atomic E-state index is 9.84. The van der Waals surface area contributed by atoms with Crippen molar-refractivity contribution in [2.45, 2.75) is 13.5 Å². The van der Waals surface area contributed by atoms with Crippen molar-refractivity contribution in [3.05, 3.63) is 112 Å². The summed E-state index contributed by atoms with van der Waals surface area (Å²) in [4.78, 5) is 0. The molecule has 0 unspecified atom stereocenters. The Morgan fingerprint density at radius 3 is 2.40 bits per heavy atom. The van der Waals surface area contributed by atoms with Crippen LogP contribution in [0.2, 0.25) is 0 Å². The maximum atomic E-state index is 9.84. The largest absolute Gasteiger partial charge is 0.488 e. The van der Waals surface area contributed by atoms with E-state index in [1.165, 1.54) is 5.56 Å². The van der Waals surface area contributed by atoms with Gasteiger partial charge in [0.05, 0.1) is 11.6 Å². The van der Waals surface area contributed by atoms with Gasteiger partial charge in [0, 0.05) is 10.0 Å². The van der Waals surface area contributed by atoms with E-state index in [-0.39, 0.29) is 0 Å². The molecule has 0 aliphatic heterocycles. The fourth-order valence-electron chi connectivity index (χ4n) is 3.35. The third-order valence-corrected chi connectivity index (χ3v) is 5.54.